The van der Waals surface area contributed by atoms with Crippen molar-refractivity contribution in [2.24, 2.45) is 0 Å². The Labute approximate surface area is 119 Å². The van der Waals surface area contributed by atoms with E-state index in [-0.39, 0.29) is 35.2 Å². The van der Waals surface area contributed by atoms with Crippen LogP contribution in [0, 0.1) is 0 Å². The molecule has 3 radical (unpaired) electrons. The summed E-state index contributed by atoms with van der Waals surface area (Å²) in [5, 5.41) is 8.48. The normalized spacial score (nSPS) is 8.32. The van der Waals surface area contributed by atoms with Crippen molar-refractivity contribution in [2.45, 2.75) is 12.8 Å². The zero-order valence-corrected chi connectivity index (χ0v) is 12.5. The van der Waals surface area contributed by atoms with Crippen LogP contribution in [0.3, 0.4) is 0 Å². The second-order valence-electron chi connectivity index (χ2n) is 3.39. The fourth-order valence-corrected chi connectivity index (χ4v) is 1.56. The van der Waals surface area contributed by atoms with E-state index in [2.05, 4.69) is 0 Å². The topological polar surface area (TPSA) is 152 Å². The van der Waals surface area contributed by atoms with Gasteiger partial charge in [0.15, 0.2) is 0 Å². The van der Waals surface area contributed by atoms with Gasteiger partial charge in [-0.1, -0.05) is 0 Å². The van der Waals surface area contributed by atoms with Crippen molar-refractivity contribution in [2.75, 3.05) is 11.9 Å². The van der Waals surface area contributed by atoms with Gasteiger partial charge >= 0.3 is 102 Å². The van der Waals surface area contributed by atoms with Gasteiger partial charge in [-0.15, -0.1) is 0 Å². The molecule has 1 amide bonds. The van der Waals surface area contributed by atoms with Crippen LogP contribution >= 0.6 is 0 Å². The molecule has 1 aromatic rings. The average Bonchev–Trinajstić information content (AvgIpc) is 2.26. The standard InChI is InChI=1S/C11H12GeNO3.3H2O/c1-13(10(14)6-7-11(15)16)9-4-2-8(12)3-5-9;;;/h2-5H,6-7H2,1H3,(H,15,16);3*1H2. The maximum Gasteiger partial charge on any atom is -0.412 e. The van der Waals surface area contributed by atoms with Gasteiger partial charge in [0, 0.05) is 0 Å². The summed E-state index contributed by atoms with van der Waals surface area (Å²) in [6.07, 6.45) is -0.102. The monoisotopic (exact) mass is 334 g/mol. The Balaban J connectivity index is -0.000000853. The molecule has 0 aliphatic rings. The van der Waals surface area contributed by atoms with E-state index in [9.17, 15) is 9.59 Å². The van der Waals surface area contributed by atoms with Gasteiger partial charge in [0.25, 0.3) is 0 Å². The van der Waals surface area contributed by atoms with Gasteiger partial charge in [-0.2, -0.15) is 0 Å². The summed E-state index contributed by atoms with van der Waals surface area (Å²) >= 11 is 1.97. The van der Waals surface area contributed by atoms with Crippen LogP contribution in [0.15, 0.2) is 24.3 Å². The molecule has 0 unspecified atom stereocenters. The minimum atomic E-state index is -0.953. The molecule has 7 nitrogen and oxygen atoms in total. The first-order chi connectivity index (χ1) is 7.50. The molecule has 0 saturated carbocycles. The number of hydrogen-bond donors (Lipinski definition) is 1. The number of benzene rings is 1. The van der Waals surface area contributed by atoms with Crippen LogP contribution in [0.25, 0.3) is 0 Å². The molecular weight excluding hydrogens is 315 g/mol. The third kappa shape index (κ3) is 7.57. The number of carboxylic acid groups (broad SMARTS) is 1. The van der Waals surface area contributed by atoms with Crippen LogP contribution in [0.5, 0.6) is 0 Å². The van der Waals surface area contributed by atoms with Crippen molar-refractivity contribution in [1.29, 1.82) is 0 Å². The predicted octanol–water partition coefficient (Wildman–Crippen LogP) is -2.17. The second kappa shape index (κ2) is 10.5. The summed E-state index contributed by atoms with van der Waals surface area (Å²) in [4.78, 5) is 23.4. The van der Waals surface area contributed by atoms with Crippen molar-refractivity contribution in [3.8, 4) is 0 Å². The number of carbonyl (C=O) groups excluding carboxylic acids is 1. The summed E-state index contributed by atoms with van der Waals surface area (Å²) in [7, 11) is 1.65. The summed E-state index contributed by atoms with van der Waals surface area (Å²) in [5.41, 5.74) is 0.779. The molecule has 0 atom stereocenters. The molecule has 1 rings (SSSR count). The van der Waals surface area contributed by atoms with Gasteiger partial charge in [-0.05, 0) is 0 Å². The molecule has 0 aromatic heterocycles. The van der Waals surface area contributed by atoms with E-state index >= 15 is 0 Å². The molecule has 7 N–H and O–H groups in total. The molecule has 0 heterocycles. The maximum atomic E-state index is 11.6. The molecule has 1 aromatic carbocycles. The SMILES string of the molecule is CN(C(=O)CCC(=O)O)c1cc[c]([Ge])cc1.O.O.O. The number of carboxylic acids is 1. The number of amides is 1. The molecule has 0 saturated heterocycles. The van der Waals surface area contributed by atoms with Crippen LogP contribution in [0.4, 0.5) is 5.69 Å². The van der Waals surface area contributed by atoms with Gasteiger partial charge in [0.1, 0.15) is 0 Å². The van der Waals surface area contributed by atoms with Crippen molar-refractivity contribution in [1.82, 2.24) is 0 Å². The van der Waals surface area contributed by atoms with Crippen LogP contribution in [0.2, 0.25) is 0 Å². The van der Waals surface area contributed by atoms with E-state index in [1.54, 1.807) is 7.05 Å². The average molecular weight is 333 g/mol. The maximum absolute atomic E-state index is 11.6. The van der Waals surface area contributed by atoms with Crippen molar-refractivity contribution < 1.29 is 31.1 Å². The number of anilines is 1. The van der Waals surface area contributed by atoms with Crippen LogP contribution in [-0.2, 0) is 9.59 Å². The molecule has 19 heavy (non-hydrogen) atoms. The molecular formula is C11H18GeNO6. The smallest absolute Gasteiger partial charge is 0.412 e. The van der Waals surface area contributed by atoms with Gasteiger partial charge < -0.3 is 16.4 Å². The molecule has 0 aliphatic heterocycles. The van der Waals surface area contributed by atoms with E-state index in [1.165, 1.54) is 4.90 Å². The molecule has 107 valence electrons. The number of nitrogens with zero attached hydrogens (tertiary/aromatic N) is 1. The van der Waals surface area contributed by atoms with Gasteiger partial charge in [-0.25, -0.2) is 0 Å². The van der Waals surface area contributed by atoms with E-state index in [0.717, 1.165) is 10.1 Å². The largest absolute Gasteiger partial charge is 0.412 e. The summed E-state index contributed by atoms with van der Waals surface area (Å²) in [5.74, 6) is -1.14. The molecule has 0 aliphatic carbocycles. The van der Waals surface area contributed by atoms with E-state index in [1.807, 2.05) is 40.8 Å². The van der Waals surface area contributed by atoms with Crippen LogP contribution in [0.1, 0.15) is 12.8 Å². The Hall–Kier alpha value is -1.42. The Morgan fingerprint density at radius 3 is 2.00 bits per heavy atom. The first-order valence-electron chi connectivity index (χ1n) is 4.80. The summed E-state index contributed by atoms with van der Waals surface area (Å²) < 4.78 is 1.12. The first-order valence-corrected chi connectivity index (χ1v) is 5.85. The predicted molar refractivity (Wildman–Crippen MR) is 73.0 cm³/mol. The number of rotatable bonds is 4. The molecule has 0 spiro atoms. The number of aliphatic carboxylic acids is 1. The van der Waals surface area contributed by atoms with Crippen LogP contribution < -0.4 is 9.30 Å². The Morgan fingerprint density at radius 2 is 1.58 bits per heavy atom. The summed E-state index contributed by atoms with van der Waals surface area (Å²) in [6.45, 7) is 0. The quantitative estimate of drug-likeness (QED) is 0.624. The first kappa shape index (κ1) is 22.7. The van der Waals surface area contributed by atoms with Gasteiger partial charge in [-0.3, -0.25) is 0 Å². The summed E-state index contributed by atoms with van der Waals surface area (Å²) in [6, 6.07) is 7.51. The van der Waals surface area contributed by atoms with E-state index < -0.39 is 5.97 Å². The third-order valence-electron chi connectivity index (χ3n) is 2.18. The van der Waals surface area contributed by atoms with E-state index in [4.69, 9.17) is 5.11 Å². The number of hydrogen-bond acceptors (Lipinski definition) is 2. The van der Waals surface area contributed by atoms with Crippen molar-refractivity contribution >= 4 is 38.5 Å². The fourth-order valence-electron chi connectivity index (χ4n) is 1.21. The Bertz CT molecular complexity index is 395. The Kier molecular flexibility index (Phi) is 12.6. The zero-order chi connectivity index (χ0) is 12.1. The van der Waals surface area contributed by atoms with Crippen molar-refractivity contribution in [3.05, 3.63) is 24.3 Å². The van der Waals surface area contributed by atoms with E-state index in [0.29, 0.717) is 0 Å². The molecule has 8 heteroatoms. The van der Waals surface area contributed by atoms with Crippen molar-refractivity contribution in [3.63, 3.8) is 0 Å². The minimum Gasteiger partial charge on any atom is -0.412 e. The third-order valence-corrected chi connectivity index (χ3v) is 2.88. The second-order valence-corrected chi connectivity index (χ2v) is 4.60. The van der Waals surface area contributed by atoms with Gasteiger partial charge in [0.05, 0.1) is 0 Å². The Morgan fingerprint density at radius 1 is 1.11 bits per heavy atom. The molecule has 0 bridgehead atoms. The minimum absolute atomic E-state index is 0. The molecule has 0 fully saturated rings. The zero-order valence-electron chi connectivity index (χ0n) is 10.4. The van der Waals surface area contributed by atoms with Crippen LogP contribution in [-0.4, -0.2) is 57.0 Å². The fraction of sp³-hybridized carbons (Fsp3) is 0.273. The number of carbonyl (C=O) groups is 2. The van der Waals surface area contributed by atoms with Gasteiger partial charge in [0.2, 0.25) is 0 Å².